The molecule has 106 valence electrons. The van der Waals surface area contributed by atoms with Crippen molar-refractivity contribution >= 4 is 11.6 Å². The zero-order valence-electron chi connectivity index (χ0n) is 12.1. The number of nitrogens with zero attached hydrogens (tertiary/aromatic N) is 2. The highest BCUT2D eigenvalue weighted by Gasteiger charge is 2.37. The van der Waals surface area contributed by atoms with E-state index in [0.29, 0.717) is 11.1 Å². The first-order chi connectivity index (χ1) is 9.05. The monoisotopic (exact) mass is 282 g/mol. The minimum atomic E-state index is -0.325. The molecule has 1 aliphatic rings. The molecule has 0 radical (unpaired) electrons. The van der Waals surface area contributed by atoms with Crippen molar-refractivity contribution in [1.29, 1.82) is 0 Å². The molecule has 0 saturated heterocycles. The third-order valence-electron chi connectivity index (χ3n) is 3.82. The third-order valence-corrected chi connectivity index (χ3v) is 4.02. The Morgan fingerprint density at radius 3 is 2.53 bits per heavy atom. The molecule has 3 nitrogen and oxygen atoms in total. The fourth-order valence-corrected chi connectivity index (χ4v) is 3.04. The van der Waals surface area contributed by atoms with Gasteiger partial charge in [-0.15, -0.1) is 0 Å². The molecule has 1 heterocycles. The molecule has 2 rings (SSSR count). The highest BCUT2D eigenvalue weighted by molar-refractivity contribution is 6.29. The van der Waals surface area contributed by atoms with Gasteiger partial charge in [-0.05, 0) is 31.2 Å². The molecule has 0 atom stereocenters. The van der Waals surface area contributed by atoms with Gasteiger partial charge in [-0.1, -0.05) is 44.7 Å². The van der Waals surface area contributed by atoms with Gasteiger partial charge in [-0.3, -0.25) is 0 Å². The molecule has 0 aromatic carbocycles. The second-order valence-electron chi connectivity index (χ2n) is 5.86. The summed E-state index contributed by atoms with van der Waals surface area (Å²) >= 11 is 6.16. The van der Waals surface area contributed by atoms with E-state index in [1.54, 1.807) is 7.11 Å². The van der Waals surface area contributed by atoms with Gasteiger partial charge in [0.05, 0.1) is 0 Å². The molecule has 1 aromatic heterocycles. The van der Waals surface area contributed by atoms with Crippen LogP contribution in [0.3, 0.4) is 0 Å². The lowest BCUT2D eigenvalue weighted by Gasteiger charge is -2.34. The number of hydrogen-bond donors (Lipinski definition) is 0. The maximum absolute atomic E-state index is 6.16. The van der Waals surface area contributed by atoms with E-state index in [-0.39, 0.29) is 5.60 Å². The van der Waals surface area contributed by atoms with Crippen molar-refractivity contribution in [2.75, 3.05) is 7.11 Å². The molecular formula is C15H23ClN2O. The minimum Gasteiger partial charge on any atom is -0.370 e. The fraction of sp³-hybridized carbons (Fsp3) is 0.733. The van der Waals surface area contributed by atoms with Crippen LogP contribution in [-0.4, -0.2) is 17.1 Å². The maximum Gasteiger partial charge on any atom is 0.162 e. The third kappa shape index (κ3) is 3.46. The summed E-state index contributed by atoms with van der Waals surface area (Å²) in [5.74, 6) is 1.33. The summed E-state index contributed by atoms with van der Waals surface area (Å²) in [6.07, 6.45) is 6.52. The summed E-state index contributed by atoms with van der Waals surface area (Å²) < 4.78 is 5.80. The predicted molar refractivity (Wildman–Crippen MR) is 77.4 cm³/mol. The van der Waals surface area contributed by atoms with Crippen molar-refractivity contribution in [2.45, 2.75) is 58.0 Å². The van der Waals surface area contributed by atoms with E-state index < -0.39 is 0 Å². The average molecular weight is 283 g/mol. The van der Waals surface area contributed by atoms with Gasteiger partial charge in [0, 0.05) is 12.8 Å². The Balaban J connectivity index is 2.34. The summed E-state index contributed by atoms with van der Waals surface area (Å²) in [6, 6.07) is 1.87. The van der Waals surface area contributed by atoms with E-state index in [0.717, 1.165) is 30.8 Å². The molecule has 1 aromatic rings. The Hall–Kier alpha value is -0.670. The van der Waals surface area contributed by atoms with Gasteiger partial charge in [0.25, 0.3) is 0 Å². The molecule has 0 bridgehead atoms. The normalized spacial score (nSPS) is 18.8. The van der Waals surface area contributed by atoms with E-state index in [1.165, 1.54) is 19.3 Å². The largest absolute Gasteiger partial charge is 0.370 e. The van der Waals surface area contributed by atoms with Crippen molar-refractivity contribution in [1.82, 2.24) is 9.97 Å². The minimum absolute atomic E-state index is 0.325. The number of rotatable bonds is 4. The Morgan fingerprint density at radius 1 is 1.26 bits per heavy atom. The first-order valence-electron chi connectivity index (χ1n) is 7.15. The molecule has 19 heavy (non-hydrogen) atoms. The van der Waals surface area contributed by atoms with E-state index in [1.807, 2.05) is 6.07 Å². The maximum atomic E-state index is 6.16. The summed E-state index contributed by atoms with van der Waals surface area (Å²) in [5.41, 5.74) is 0.696. The Labute approximate surface area is 120 Å². The van der Waals surface area contributed by atoms with E-state index >= 15 is 0 Å². The van der Waals surface area contributed by atoms with Crippen LogP contribution in [0.2, 0.25) is 5.15 Å². The van der Waals surface area contributed by atoms with Gasteiger partial charge in [-0.2, -0.15) is 0 Å². The van der Waals surface area contributed by atoms with Crippen molar-refractivity contribution < 1.29 is 4.74 Å². The highest BCUT2D eigenvalue weighted by atomic mass is 35.5. The van der Waals surface area contributed by atoms with Crippen LogP contribution in [0.15, 0.2) is 6.07 Å². The lowest BCUT2D eigenvalue weighted by molar-refractivity contribution is -0.0516. The zero-order chi connectivity index (χ0) is 13.9. The van der Waals surface area contributed by atoms with Crippen LogP contribution in [0, 0.1) is 5.92 Å². The smallest absolute Gasteiger partial charge is 0.162 e. The fourth-order valence-electron chi connectivity index (χ4n) is 2.83. The summed E-state index contributed by atoms with van der Waals surface area (Å²) in [5, 5.41) is 0.530. The molecule has 0 spiro atoms. The summed E-state index contributed by atoms with van der Waals surface area (Å²) in [4.78, 5) is 9.16. The van der Waals surface area contributed by atoms with E-state index in [2.05, 4.69) is 18.8 Å². The first-order valence-corrected chi connectivity index (χ1v) is 7.52. The van der Waals surface area contributed by atoms with Gasteiger partial charge in [-0.25, -0.2) is 9.97 Å². The van der Waals surface area contributed by atoms with Crippen LogP contribution >= 0.6 is 11.6 Å². The average Bonchev–Trinajstić information content (AvgIpc) is 2.38. The molecule has 1 aliphatic carbocycles. The number of ether oxygens (including phenoxy) is 1. The van der Waals surface area contributed by atoms with Crippen molar-refractivity contribution in [3.8, 4) is 0 Å². The van der Waals surface area contributed by atoms with Crippen molar-refractivity contribution in [3.05, 3.63) is 22.7 Å². The molecule has 0 unspecified atom stereocenters. The Kier molecular flexibility index (Phi) is 4.80. The topological polar surface area (TPSA) is 35.0 Å². The van der Waals surface area contributed by atoms with Gasteiger partial charge >= 0.3 is 0 Å². The van der Waals surface area contributed by atoms with Crippen LogP contribution < -0.4 is 0 Å². The zero-order valence-corrected chi connectivity index (χ0v) is 12.8. The van der Waals surface area contributed by atoms with Crippen LogP contribution in [0.4, 0.5) is 0 Å². The number of aromatic nitrogens is 2. The molecule has 0 aliphatic heterocycles. The van der Waals surface area contributed by atoms with Crippen molar-refractivity contribution in [2.24, 2.45) is 5.92 Å². The van der Waals surface area contributed by atoms with Gasteiger partial charge in [0.2, 0.25) is 0 Å². The second kappa shape index (κ2) is 6.19. The number of hydrogen-bond acceptors (Lipinski definition) is 3. The van der Waals surface area contributed by atoms with E-state index in [4.69, 9.17) is 21.3 Å². The SMILES string of the molecule is COC1(c2nc(Cl)cc(CC(C)C)n2)CCCCC1. The second-order valence-corrected chi connectivity index (χ2v) is 6.25. The lowest BCUT2D eigenvalue weighted by atomic mass is 9.84. The van der Waals surface area contributed by atoms with Crippen LogP contribution in [-0.2, 0) is 16.8 Å². The summed E-state index contributed by atoms with van der Waals surface area (Å²) in [7, 11) is 1.76. The van der Waals surface area contributed by atoms with Gasteiger partial charge < -0.3 is 4.74 Å². The van der Waals surface area contributed by atoms with Gasteiger partial charge in [0.1, 0.15) is 10.8 Å². The van der Waals surface area contributed by atoms with E-state index in [9.17, 15) is 0 Å². The standard InChI is InChI=1S/C15H23ClN2O/c1-11(2)9-12-10-13(16)18-14(17-12)15(19-3)7-5-4-6-8-15/h10-11H,4-9H2,1-3H3. The van der Waals surface area contributed by atoms with Crippen LogP contribution in [0.1, 0.15) is 57.5 Å². The van der Waals surface area contributed by atoms with Crippen molar-refractivity contribution in [3.63, 3.8) is 0 Å². The predicted octanol–water partition coefficient (Wildman–Crippen LogP) is 4.13. The molecule has 4 heteroatoms. The van der Waals surface area contributed by atoms with Gasteiger partial charge in [0.15, 0.2) is 5.82 Å². The lowest BCUT2D eigenvalue weighted by Crippen LogP contribution is -2.33. The molecule has 1 fully saturated rings. The highest BCUT2D eigenvalue weighted by Crippen LogP contribution is 2.38. The number of halogens is 1. The van der Waals surface area contributed by atoms with Crippen LogP contribution in [0.5, 0.6) is 0 Å². The summed E-state index contributed by atoms with van der Waals surface area (Å²) in [6.45, 7) is 4.37. The molecular weight excluding hydrogens is 260 g/mol. The number of methoxy groups -OCH3 is 1. The Bertz CT molecular complexity index is 428. The Morgan fingerprint density at radius 2 is 1.95 bits per heavy atom. The quantitative estimate of drug-likeness (QED) is 0.779. The molecule has 1 saturated carbocycles. The molecule has 0 amide bonds. The first kappa shape index (κ1) is 14.7. The molecule has 0 N–H and O–H groups in total. The van der Waals surface area contributed by atoms with Crippen LogP contribution in [0.25, 0.3) is 0 Å².